The van der Waals surface area contributed by atoms with Crippen LogP contribution in [-0.4, -0.2) is 17.4 Å². The highest BCUT2D eigenvalue weighted by molar-refractivity contribution is 6.02. The highest BCUT2D eigenvalue weighted by Gasteiger charge is 2.45. The number of benzene rings is 2. The van der Waals surface area contributed by atoms with Crippen LogP contribution in [0, 0.1) is 5.92 Å². The lowest BCUT2D eigenvalue weighted by Gasteiger charge is -2.48. The molecule has 4 rings (SSSR count). The Kier molecular flexibility index (Phi) is 6.03. The predicted molar refractivity (Wildman–Crippen MR) is 122 cm³/mol. The van der Waals surface area contributed by atoms with Gasteiger partial charge < -0.3 is 19.4 Å². The molecule has 31 heavy (non-hydrogen) atoms. The quantitative estimate of drug-likeness (QED) is 0.485. The van der Waals surface area contributed by atoms with Crippen molar-refractivity contribution in [2.24, 2.45) is 5.92 Å². The smallest absolute Gasteiger partial charge is 0.258 e. The lowest BCUT2D eigenvalue weighted by atomic mass is 9.89. The summed E-state index contributed by atoms with van der Waals surface area (Å²) >= 11 is 0. The number of rotatable bonds is 8. The van der Waals surface area contributed by atoms with E-state index in [1.54, 1.807) is 6.26 Å². The number of carbonyl (C=O) groups excluding carboxylic acids is 1. The Morgan fingerprint density at radius 3 is 2.52 bits per heavy atom. The van der Waals surface area contributed by atoms with Crippen LogP contribution < -0.4 is 10.1 Å². The average molecular weight is 419 g/mol. The maximum absolute atomic E-state index is 13.6. The zero-order valence-electron chi connectivity index (χ0n) is 18.4. The van der Waals surface area contributed by atoms with Crippen molar-refractivity contribution in [3.8, 4) is 5.75 Å². The van der Waals surface area contributed by atoms with E-state index in [2.05, 4.69) is 38.2 Å². The lowest BCUT2D eigenvalue weighted by molar-refractivity contribution is 0.0430. The Balaban J connectivity index is 1.69. The summed E-state index contributed by atoms with van der Waals surface area (Å²) in [6.07, 6.45) is 3.35. The van der Waals surface area contributed by atoms with Gasteiger partial charge in [-0.05, 0) is 60.7 Å². The fourth-order valence-corrected chi connectivity index (χ4v) is 4.10. The molecule has 1 aliphatic rings. The van der Waals surface area contributed by atoms with Crippen LogP contribution in [0.5, 0.6) is 5.75 Å². The molecule has 0 bridgehead atoms. The Labute approximate surface area is 184 Å². The molecule has 0 radical (unpaired) electrons. The van der Waals surface area contributed by atoms with E-state index in [0.29, 0.717) is 31.1 Å². The SMILES string of the molecule is CCC1(c2ccc(OCCC(C)C)cc2)Nc2ccccc2C(=O)N1Cc1ccco1. The second kappa shape index (κ2) is 8.88. The third kappa shape index (κ3) is 4.18. The lowest BCUT2D eigenvalue weighted by Crippen LogP contribution is -2.56. The van der Waals surface area contributed by atoms with Crippen LogP contribution in [-0.2, 0) is 12.2 Å². The summed E-state index contributed by atoms with van der Waals surface area (Å²) in [5.74, 6) is 2.19. The molecule has 2 heterocycles. The largest absolute Gasteiger partial charge is 0.494 e. The maximum Gasteiger partial charge on any atom is 0.258 e. The van der Waals surface area contributed by atoms with Crippen LogP contribution in [0.25, 0.3) is 0 Å². The first-order valence-corrected chi connectivity index (χ1v) is 11.0. The highest BCUT2D eigenvalue weighted by Crippen LogP contribution is 2.41. The third-order valence-electron chi connectivity index (χ3n) is 5.91. The molecular formula is C26H30N2O3. The van der Waals surface area contributed by atoms with E-state index in [1.165, 1.54) is 0 Å². The fraction of sp³-hybridized carbons (Fsp3) is 0.346. The molecule has 162 valence electrons. The predicted octanol–water partition coefficient (Wildman–Crippen LogP) is 6.04. The molecule has 0 saturated carbocycles. The van der Waals surface area contributed by atoms with E-state index in [0.717, 1.165) is 29.2 Å². The van der Waals surface area contributed by atoms with Crippen LogP contribution in [0.3, 0.4) is 0 Å². The molecule has 5 heteroatoms. The van der Waals surface area contributed by atoms with Crippen LogP contribution in [0.1, 0.15) is 55.3 Å². The van der Waals surface area contributed by atoms with Gasteiger partial charge in [-0.2, -0.15) is 0 Å². The van der Waals surface area contributed by atoms with Gasteiger partial charge in [-0.3, -0.25) is 4.79 Å². The van der Waals surface area contributed by atoms with Crippen molar-refractivity contribution in [3.63, 3.8) is 0 Å². The molecular weight excluding hydrogens is 388 g/mol. The van der Waals surface area contributed by atoms with Gasteiger partial charge in [-0.1, -0.05) is 45.0 Å². The van der Waals surface area contributed by atoms with Crippen molar-refractivity contribution in [1.29, 1.82) is 0 Å². The van der Waals surface area contributed by atoms with Crippen LogP contribution in [0.4, 0.5) is 5.69 Å². The van der Waals surface area contributed by atoms with E-state index in [4.69, 9.17) is 9.15 Å². The molecule has 1 amide bonds. The van der Waals surface area contributed by atoms with Gasteiger partial charge in [-0.15, -0.1) is 0 Å². The standard InChI is InChI=1S/C26H30N2O3/c1-4-26(20-11-13-21(14-12-20)31-17-15-19(2)3)27-24-10-6-5-9-23(24)25(29)28(26)18-22-8-7-16-30-22/h5-14,16,19,27H,4,15,17-18H2,1-3H3. The number of fused-ring (bicyclic) bond motifs is 1. The van der Waals surface area contributed by atoms with Gasteiger partial charge in [0.2, 0.25) is 0 Å². The van der Waals surface area contributed by atoms with E-state index in [9.17, 15) is 4.79 Å². The first-order valence-electron chi connectivity index (χ1n) is 11.0. The normalized spacial score (nSPS) is 18.1. The van der Waals surface area contributed by atoms with E-state index < -0.39 is 5.66 Å². The first kappa shape index (κ1) is 21.0. The molecule has 3 aromatic rings. The van der Waals surface area contributed by atoms with Crippen molar-refractivity contribution in [1.82, 2.24) is 4.90 Å². The number of ether oxygens (including phenoxy) is 1. The fourth-order valence-electron chi connectivity index (χ4n) is 4.10. The molecule has 1 aromatic heterocycles. The molecule has 1 aliphatic heterocycles. The van der Waals surface area contributed by atoms with Crippen LogP contribution >= 0.6 is 0 Å². The third-order valence-corrected chi connectivity index (χ3v) is 5.91. The number of hydrogen-bond acceptors (Lipinski definition) is 4. The Morgan fingerprint density at radius 1 is 1.06 bits per heavy atom. The summed E-state index contributed by atoms with van der Waals surface area (Å²) in [6, 6.07) is 19.5. The first-order chi connectivity index (χ1) is 15.0. The second-order valence-electron chi connectivity index (χ2n) is 8.41. The Hall–Kier alpha value is -3.21. The van der Waals surface area contributed by atoms with Crippen molar-refractivity contribution in [2.75, 3.05) is 11.9 Å². The van der Waals surface area contributed by atoms with Crippen molar-refractivity contribution < 1.29 is 13.9 Å². The van der Waals surface area contributed by atoms with Crippen LogP contribution in [0.2, 0.25) is 0 Å². The van der Waals surface area contributed by atoms with Crippen LogP contribution in [0.15, 0.2) is 71.3 Å². The summed E-state index contributed by atoms with van der Waals surface area (Å²) < 4.78 is 11.5. The van der Waals surface area contributed by atoms with Gasteiger partial charge in [0, 0.05) is 5.69 Å². The summed E-state index contributed by atoms with van der Waals surface area (Å²) in [5, 5.41) is 3.67. The van der Waals surface area contributed by atoms with E-state index in [1.807, 2.05) is 53.4 Å². The minimum absolute atomic E-state index is 0.00939. The maximum atomic E-state index is 13.6. The number of nitrogens with one attached hydrogen (secondary N) is 1. The Bertz CT molecular complexity index is 1010. The molecule has 1 atom stereocenters. The summed E-state index contributed by atoms with van der Waals surface area (Å²) in [7, 11) is 0. The number of nitrogens with zero attached hydrogens (tertiary/aromatic N) is 1. The summed E-state index contributed by atoms with van der Waals surface area (Å²) in [4.78, 5) is 15.5. The zero-order chi connectivity index (χ0) is 21.8. The van der Waals surface area contributed by atoms with Gasteiger partial charge in [0.1, 0.15) is 17.2 Å². The number of hydrogen-bond donors (Lipinski definition) is 1. The second-order valence-corrected chi connectivity index (χ2v) is 8.41. The average Bonchev–Trinajstić information content (AvgIpc) is 3.29. The number of anilines is 1. The van der Waals surface area contributed by atoms with Crippen molar-refractivity contribution >= 4 is 11.6 Å². The van der Waals surface area contributed by atoms with Gasteiger partial charge in [-0.25, -0.2) is 0 Å². The molecule has 0 spiro atoms. The van der Waals surface area contributed by atoms with Gasteiger partial charge in [0.05, 0.1) is 25.0 Å². The molecule has 1 unspecified atom stereocenters. The molecule has 0 saturated heterocycles. The molecule has 2 aromatic carbocycles. The van der Waals surface area contributed by atoms with Gasteiger partial charge in [0.25, 0.3) is 5.91 Å². The number of carbonyl (C=O) groups is 1. The summed E-state index contributed by atoms with van der Waals surface area (Å²) in [6.45, 7) is 7.55. The number of para-hydroxylation sites is 1. The topological polar surface area (TPSA) is 54.7 Å². The van der Waals surface area contributed by atoms with Gasteiger partial charge in [0.15, 0.2) is 0 Å². The molecule has 5 nitrogen and oxygen atoms in total. The zero-order valence-corrected chi connectivity index (χ0v) is 18.4. The molecule has 0 fully saturated rings. The summed E-state index contributed by atoms with van der Waals surface area (Å²) in [5.41, 5.74) is 1.85. The van der Waals surface area contributed by atoms with E-state index in [-0.39, 0.29) is 5.91 Å². The Morgan fingerprint density at radius 2 is 1.84 bits per heavy atom. The molecule has 1 N–H and O–H groups in total. The minimum atomic E-state index is -0.686. The van der Waals surface area contributed by atoms with E-state index >= 15 is 0 Å². The van der Waals surface area contributed by atoms with Crippen molar-refractivity contribution in [2.45, 2.75) is 45.8 Å². The minimum Gasteiger partial charge on any atom is -0.494 e. The molecule has 0 aliphatic carbocycles. The van der Waals surface area contributed by atoms with Gasteiger partial charge >= 0.3 is 0 Å². The monoisotopic (exact) mass is 418 g/mol. The van der Waals surface area contributed by atoms with Crippen molar-refractivity contribution in [3.05, 3.63) is 83.8 Å². The highest BCUT2D eigenvalue weighted by atomic mass is 16.5. The number of amides is 1. The number of furan rings is 1.